The second-order valence-corrected chi connectivity index (χ2v) is 7.09. The molecule has 0 spiro atoms. The van der Waals surface area contributed by atoms with Crippen molar-refractivity contribution in [3.63, 3.8) is 0 Å². The largest absolute Gasteiger partial charge is 1.00 e. The van der Waals surface area contributed by atoms with Gasteiger partial charge in [0.2, 0.25) is 5.91 Å². The number of tetrazole rings is 1. The van der Waals surface area contributed by atoms with Gasteiger partial charge < -0.3 is 6.33 Å². The van der Waals surface area contributed by atoms with Gasteiger partial charge in [-0.2, -0.15) is 13.2 Å². The van der Waals surface area contributed by atoms with Crippen molar-refractivity contribution >= 4 is 22.1 Å². The number of aromatic nitrogens is 4. The summed E-state index contributed by atoms with van der Waals surface area (Å²) in [6.07, 6.45) is 0.184. The number of hydrogen-bond donors (Lipinski definition) is 1. The monoisotopic (exact) mass is 368 g/mol. The summed E-state index contributed by atoms with van der Waals surface area (Å²) >= 11 is 0. The molecular weight excluding hydrogens is 351 g/mol. The minimum absolute atomic E-state index is 0. The van der Waals surface area contributed by atoms with E-state index in [9.17, 15) is 18.0 Å². The number of likely N-dealkylation sites (tertiary alicyclic amines) is 1. The molecule has 0 aromatic carbocycles. The molecule has 0 unspecified atom stereocenters. The van der Waals surface area contributed by atoms with Gasteiger partial charge in [-0.05, 0) is 25.5 Å². The molecule has 3 heterocycles. The maximum atomic E-state index is 12.3. The summed E-state index contributed by atoms with van der Waals surface area (Å²) in [6.45, 7) is 3.98. The van der Waals surface area contributed by atoms with E-state index < -0.39 is 28.3 Å². The number of fused-ring (bicyclic) bond motifs is 1. The average molecular weight is 368 g/mol. The van der Waals surface area contributed by atoms with Crippen LogP contribution in [0.1, 0.15) is 33.6 Å². The second kappa shape index (κ2) is 6.67. The van der Waals surface area contributed by atoms with E-state index in [0.29, 0.717) is 10.7 Å². The van der Waals surface area contributed by atoms with Crippen molar-refractivity contribution in [3.8, 4) is 0 Å². The van der Waals surface area contributed by atoms with Crippen molar-refractivity contribution < 1.29 is 53.5 Å². The summed E-state index contributed by atoms with van der Waals surface area (Å²) in [6, 6.07) is -1.52. The molecule has 2 atom stereocenters. The zero-order chi connectivity index (χ0) is 16.9. The van der Waals surface area contributed by atoms with Crippen molar-refractivity contribution in [2.24, 2.45) is 0 Å². The zero-order valence-electron chi connectivity index (χ0n) is 14.5. The number of rotatable bonds is 4. The van der Waals surface area contributed by atoms with E-state index in [1.165, 1.54) is 9.70 Å². The Bertz CT molecular complexity index is 771. The maximum Gasteiger partial charge on any atom is 1.00 e. The molecule has 11 nitrogen and oxygen atoms in total. The molecule has 2 saturated heterocycles. The normalized spacial score (nSPS) is 23.1. The quantitative estimate of drug-likeness (QED) is 0.319. The Morgan fingerprint density at radius 2 is 2.12 bits per heavy atom. The Morgan fingerprint density at radius 1 is 1.46 bits per heavy atom. The number of carbonyl (C=O) groups is 2. The van der Waals surface area contributed by atoms with E-state index in [0.717, 1.165) is 0 Å². The summed E-state index contributed by atoms with van der Waals surface area (Å²) < 4.78 is 31.7. The zero-order valence-corrected chi connectivity index (χ0v) is 16.3. The Balaban J connectivity index is 0.00000156. The topological polar surface area (TPSA) is 139 Å². The van der Waals surface area contributed by atoms with E-state index in [1.807, 2.05) is 13.8 Å². The molecule has 2 fully saturated rings. The van der Waals surface area contributed by atoms with E-state index >= 15 is 0 Å². The summed E-state index contributed by atoms with van der Waals surface area (Å²) in [4.78, 5) is 26.9. The van der Waals surface area contributed by atoms with E-state index in [2.05, 4.69) is 15.4 Å². The maximum absolute atomic E-state index is 12.3. The molecule has 1 N–H and O–H groups in total. The number of amides is 2. The smallest absolute Gasteiger partial charge is 1.00 e. The molecule has 2 aliphatic rings. The van der Waals surface area contributed by atoms with Crippen LogP contribution in [0, 0.1) is 0 Å². The van der Waals surface area contributed by atoms with Crippen LogP contribution in [0.2, 0.25) is 0 Å². The average Bonchev–Trinajstić information content (AvgIpc) is 3.01. The molecular formula is C11H17N6NaO5S. The molecule has 24 heavy (non-hydrogen) atoms. The van der Waals surface area contributed by atoms with Crippen LogP contribution >= 0.6 is 0 Å². The number of carbonyl (C=O) groups excluding carboxylic acids is 2. The van der Waals surface area contributed by atoms with Crippen LogP contribution in [-0.4, -0.2) is 72.8 Å². The first-order chi connectivity index (χ1) is 10.7. The fourth-order valence-electron chi connectivity index (χ4n) is 2.88. The third-order valence-corrected chi connectivity index (χ3v) is 4.90. The van der Waals surface area contributed by atoms with Crippen LogP contribution in [0.5, 0.6) is 0 Å². The molecule has 13 heteroatoms. The van der Waals surface area contributed by atoms with Gasteiger partial charge in [0.25, 0.3) is 5.91 Å². The van der Waals surface area contributed by atoms with Crippen molar-refractivity contribution in [2.75, 3.05) is 6.54 Å². The number of hydrogen-bond acceptors (Lipinski definition) is 7. The van der Waals surface area contributed by atoms with Crippen molar-refractivity contribution in [1.82, 2.24) is 29.4 Å². The third kappa shape index (κ3) is 3.20. The van der Waals surface area contributed by atoms with Gasteiger partial charge in [-0.1, -0.05) is 0 Å². The Hall–Kier alpha value is -1.08. The van der Waals surface area contributed by atoms with Gasteiger partial charge >= 0.3 is 39.9 Å². The molecule has 0 bridgehead atoms. The summed E-state index contributed by atoms with van der Waals surface area (Å²) in [7, 11) is -4.58. The molecule has 0 saturated carbocycles. The minimum Gasteiger partial charge on any atom is -1.00 e. The summed E-state index contributed by atoms with van der Waals surface area (Å²) in [5, 5.41) is 11.7. The molecule has 1 aromatic heterocycles. The second-order valence-electron chi connectivity index (χ2n) is 5.80. The number of nitrogens with zero attached hydrogens (tertiary/aromatic N) is 6. The van der Waals surface area contributed by atoms with Crippen LogP contribution in [0.3, 0.4) is 0 Å². The SMILES string of the molecule is CC(C)n1nnc(CC(=O)N2CC[C@@H]3[C@H]2C(=O)N3S(=O)(=O)O)n1.[H-].[Na+]. The molecule has 3 rings (SSSR count). The molecule has 2 amide bonds. The van der Waals surface area contributed by atoms with Crippen molar-refractivity contribution in [1.29, 1.82) is 0 Å². The van der Waals surface area contributed by atoms with Crippen LogP contribution in [-0.2, 0) is 26.3 Å². The molecule has 128 valence electrons. The van der Waals surface area contributed by atoms with E-state index in [4.69, 9.17) is 4.55 Å². The number of β-lactam (4-membered cyclic amide) rings is 1. The van der Waals surface area contributed by atoms with Gasteiger partial charge in [-0.3, -0.25) is 14.1 Å². The fourth-order valence-corrected chi connectivity index (χ4v) is 3.78. The van der Waals surface area contributed by atoms with Gasteiger partial charge in [0.1, 0.15) is 6.04 Å². The van der Waals surface area contributed by atoms with Crippen LogP contribution in [0.15, 0.2) is 0 Å². The Labute approximate surface area is 162 Å². The van der Waals surface area contributed by atoms with Gasteiger partial charge in [-0.25, -0.2) is 4.31 Å². The van der Waals surface area contributed by atoms with E-state index in [1.54, 1.807) is 0 Å². The molecule has 0 radical (unpaired) electrons. The van der Waals surface area contributed by atoms with Crippen LogP contribution < -0.4 is 29.6 Å². The fraction of sp³-hybridized carbons (Fsp3) is 0.727. The molecule has 2 aliphatic heterocycles. The Kier molecular flexibility index (Phi) is 5.35. The molecule has 1 aromatic rings. The first-order valence-corrected chi connectivity index (χ1v) is 8.48. The van der Waals surface area contributed by atoms with Crippen LogP contribution in [0.25, 0.3) is 0 Å². The van der Waals surface area contributed by atoms with Gasteiger partial charge in [0, 0.05) is 6.54 Å². The summed E-state index contributed by atoms with van der Waals surface area (Å²) in [5.41, 5.74) is 0. The van der Waals surface area contributed by atoms with Crippen LogP contribution in [0.4, 0.5) is 0 Å². The van der Waals surface area contributed by atoms with Crippen molar-refractivity contribution in [3.05, 3.63) is 5.82 Å². The standard InChI is InChI=1S/C11H16N6O5S.Na.H/c1-6(2)17-13-8(12-14-17)5-9(18)15-4-3-7-10(15)11(19)16(7)23(20,21)22;;/h6-7,10H,3-5H2,1-2H3,(H,20,21,22);;/q;+1;-1/t7-,10+;;/m1../s1. The summed E-state index contributed by atoms with van der Waals surface area (Å²) in [5.74, 6) is -0.920. The predicted octanol–water partition coefficient (Wildman–Crippen LogP) is -4.47. The third-order valence-electron chi connectivity index (χ3n) is 3.95. The Morgan fingerprint density at radius 3 is 2.67 bits per heavy atom. The first kappa shape index (κ1) is 19.2. The van der Waals surface area contributed by atoms with Gasteiger partial charge in [0.15, 0.2) is 5.82 Å². The first-order valence-electron chi connectivity index (χ1n) is 7.08. The van der Waals surface area contributed by atoms with Gasteiger partial charge in [0.05, 0.1) is 18.5 Å². The minimum atomic E-state index is -4.58. The van der Waals surface area contributed by atoms with Crippen molar-refractivity contribution in [2.45, 2.75) is 44.8 Å². The van der Waals surface area contributed by atoms with E-state index in [-0.39, 0.29) is 61.7 Å². The van der Waals surface area contributed by atoms with Gasteiger partial charge in [-0.15, -0.1) is 10.2 Å². The molecule has 0 aliphatic carbocycles. The predicted molar refractivity (Wildman–Crippen MR) is 75.3 cm³/mol.